The molecule has 5 nitrogen and oxygen atoms in total. The van der Waals surface area contributed by atoms with Crippen molar-refractivity contribution in [2.75, 3.05) is 18.5 Å². The van der Waals surface area contributed by atoms with Crippen LogP contribution in [0.15, 0.2) is 6.33 Å². The summed E-state index contributed by atoms with van der Waals surface area (Å²) < 4.78 is 7.33. The molecule has 0 saturated heterocycles. The van der Waals surface area contributed by atoms with E-state index < -0.39 is 0 Å². The van der Waals surface area contributed by atoms with Crippen LogP contribution in [0.2, 0.25) is 0 Å². The normalized spacial score (nSPS) is 16.0. The summed E-state index contributed by atoms with van der Waals surface area (Å²) in [5.41, 5.74) is 4.74. The molecule has 6 heteroatoms. The van der Waals surface area contributed by atoms with Crippen molar-refractivity contribution in [2.24, 2.45) is 5.92 Å². The van der Waals surface area contributed by atoms with Crippen molar-refractivity contribution in [3.63, 3.8) is 0 Å². The van der Waals surface area contributed by atoms with Crippen LogP contribution in [0.4, 0.5) is 5.82 Å². The van der Waals surface area contributed by atoms with Gasteiger partial charge in [0.15, 0.2) is 0 Å². The second-order valence-electron chi connectivity index (χ2n) is 9.27. The van der Waals surface area contributed by atoms with E-state index in [0.717, 1.165) is 46.7 Å². The first-order valence-corrected chi connectivity index (χ1v) is 11.5. The lowest BCUT2D eigenvalue weighted by Crippen LogP contribution is -2.33. The number of hydrogen-bond donors (Lipinski definition) is 0. The fraction of sp³-hybridized carbons (Fsp3) is 0.609. The monoisotopic (exact) mass is 412 g/mol. The fourth-order valence-electron chi connectivity index (χ4n) is 4.19. The fourth-order valence-corrected chi connectivity index (χ4v) is 5.41. The van der Waals surface area contributed by atoms with Gasteiger partial charge in [-0.05, 0) is 38.2 Å². The Morgan fingerprint density at radius 1 is 1.24 bits per heavy atom. The molecule has 0 N–H and O–H groups in total. The van der Waals surface area contributed by atoms with E-state index in [0.29, 0.717) is 12.5 Å². The third-order valence-electron chi connectivity index (χ3n) is 5.71. The van der Waals surface area contributed by atoms with E-state index in [9.17, 15) is 0 Å². The summed E-state index contributed by atoms with van der Waals surface area (Å²) in [4.78, 5) is 17.9. The van der Waals surface area contributed by atoms with Gasteiger partial charge in [0.05, 0.1) is 22.4 Å². The predicted molar refractivity (Wildman–Crippen MR) is 122 cm³/mol. The average molecular weight is 413 g/mol. The van der Waals surface area contributed by atoms with Crippen LogP contribution in [0.1, 0.15) is 64.3 Å². The minimum atomic E-state index is -0.168. The van der Waals surface area contributed by atoms with Crippen molar-refractivity contribution in [3.8, 4) is 0 Å². The molecule has 1 aliphatic heterocycles. The van der Waals surface area contributed by atoms with Gasteiger partial charge in [-0.25, -0.2) is 15.0 Å². The summed E-state index contributed by atoms with van der Waals surface area (Å²) >= 11 is 1.75. The van der Waals surface area contributed by atoms with Crippen molar-refractivity contribution >= 4 is 37.6 Å². The van der Waals surface area contributed by atoms with E-state index >= 15 is 0 Å². The van der Waals surface area contributed by atoms with Gasteiger partial charge in [0.1, 0.15) is 17.0 Å². The highest BCUT2D eigenvalue weighted by Crippen LogP contribution is 2.42. The Balaban J connectivity index is 1.96. The molecule has 4 rings (SSSR count). The molecule has 0 radical (unpaired) electrons. The molecule has 0 fully saturated rings. The molecule has 0 amide bonds. The minimum absolute atomic E-state index is 0.168. The summed E-state index contributed by atoms with van der Waals surface area (Å²) in [7, 11) is 2.13. The number of unbranched alkanes of at least 4 members (excludes halogenated alkanes) is 1. The third-order valence-corrected chi connectivity index (χ3v) is 6.77. The minimum Gasteiger partial charge on any atom is -0.370 e. The molecule has 4 heterocycles. The number of aromatic nitrogens is 3. The Morgan fingerprint density at radius 3 is 2.76 bits per heavy atom. The number of rotatable bonds is 6. The molecular weight excluding hydrogens is 380 g/mol. The molecule has 0 aliphatic carbocycles. The molecule has 156 valence electrons. The molecule has 3 aromatic heterocycles. The van der Waals surface area contributed by atoms with Crippen molar-refractivity contribution in [2.45, 2.75) is 72.5 Å². The average Bonchev–Trinajstić information content (AvgIpc) is 3.03. The van der Waals surface area contributed by atoms with Crippen LogP contribution in [0.3, 0.4) is 0 Å². The van der Waals surface area contributed by atoms with Crippen LogP contribution in [0.5, 0.6) is 0 Å². The molecule has 3 aromatic rings. The van der Waals surface area contributed by atoms with Crippen LogP contribution in [-0.4, -0.2) is 34.1 Å². The van der Waals surface area contributed by atoms with Crippen LogP contribution >= 0.6 is 11.3 Å². The number of hydrogen-bond acceptors (Lipinski definition) is 6. The lowest BCUT2D eigenvalue weighted by Gasteiger charge is -2.33. The zero-order valence-corrected chi connectivity index (χ0v) is 19.3. The maximum atomic E-state index is 6.18. The smallest absolute Gasteiger partial charge is 0.149 e. The number of anilines is 1. The quantitative estimate of drug-likeness (QED) is 0.533. The molecule has 0 bridgehead atoms. The molecule has 0 spiro atoms. The molecule has 0 aromatic carbocycles. The number of ether oxygens (including phenoxy) is 1. The van der Waals surface area contributed by atoms with Gasteiger partial charge in [0.2, 0.25) is 0 Å². The highest BCUT2D eigenvalue weighted by atomic mass is 32.1. The Kier molecular flexibility index (Phi) is 5.51. The number of pyridine rings is 1. The first-order chi connectivity index (χ1) is 13.8. The van der Waals surface area contributed by atoms with Gasteiger partial charge in [-0.15, -0.1) is 11.3 Å². The highest BCUT2D eigenvalue weighted by Gasteiger charge is 2.32. The Labute approximate surface area is 177 Å². The lowest BCUT2D eigenvalue weighted by atomic mass is 9.88. The standard InChI is InChI=1S/C23H32N4OS/c1-7-8-9-27(6)21-20-19(24-13-25-21)18-15-11-23(4,5)28-12-16(15)17(10-14(2)3)26-22(18)29-20/h13-14H,7-12H2,1-6H3. The summed E-state index contributed by atoms with van der Waals surface area (Å²) in [5, 5.41) is 1.22. The molecule has 1 aliphatic rings. The SMILES string of the molecule is CCCCN(C)c1ncnc2c1sc1nc(CC(C)C)c3c(c12)CC(C)(C)OC3. The second kappa shape index (κ2) is 7.80. The summed E-state index contributed by atoms with van der Waals surface area (Å²) in [6.45, 7) is 12.7. The number of nitrogens with zero attached hydrogens (tertiary/aromatic N) is 4. The van der Waals surface area contributed by atoms with E-state index in [1.54, 1.807) is 17.7 Å². The molecule has 29 heavy (non-hydrogen) atoms. The van der Waals surface area contributed by atoms with Gasteiger partial charge in [0, 0.05) is 36.7 Å². The Bertz CT molecular complexity index is 1040. The van der Waals surface area contributed by atoms with Gasteiger partial charge in [-0.3, -0.25) is 0 Å². The van der Waals surface area contributed by atoms with Gasteiger partial charge in [-0.1, -0.05) is 27.2 Å². The zero-order chi connectivity index (χ0) is 20.8. The Hall–Kier alpha value is -1.79. The second-order valence-corrected chi connectivity index (χ2v) is 10.3. The van der Waals surface area contributed by atoms with Gasteiger partial charge in [-0.2, -0.15) is 0 Å². The first kappa shape index (κ1) is 20.5. The van der Waals surface area contributed by atoms with Crippen LogP contribution < -0.4 is 4.90 Å². The van der Waals surface area contributed by atoms with Crippen LogP contribution in [0.25, 0.3) is 20.4 Å². The lowest BCUT2D eigenvalue weighted by molar-refractivity contribution is -0.0402. The topological polar surface area (TPSA) is 51.1 Å². The summed E-state index contributed by atoms with van der Waals surface area (Å²) in [6.07, 6.45) is 5.91. The van der Waals surface area contributed by atoms with E-state index in [-0.39, 0.29) is 5.60 Å². The van der Waals surface area contributed by atoms with E-state index in [2.05, 4.69) is 51.6 Å². The van der Waals surface area contributed by atoms with Crippen molar-refractivity contribution in [1.82, 2.24) is 15.0 Å². The van der Waals surface area contributed by atoms with E-state index in [4.69, 9.17) is 14.7 Å². The number of fused-ring (bicyclic) bond motifs is 5. The van der Waals surface area contributed by atoms with Crippen LogP contribution in [0, 0.1) is 5.92 Å². The van der Waals surface area contributed by atoms with Gasteiger partial charge in [0.25, 0.3) is 0 Å². The van der Waals surface area contributed by atoms with E-state index in [1.807, 2.05) is 0 Å². The van der Waals surface area contributed by atoms with Gasteiger partial charge < -0.3 is 9.64 Å². The summed E-state index contributed by atoms with van der Waals surface area (Å²) in [6, 6.07) is 0. The largest absolute Gasteiger partial charge is 0.370 e. The highest BCUT2D eigenvalue weighted by molar-refractivity contribution is 7.26. The van der Waals surface area contributed by atoms with Crippen molar-refractivity contribution in [1.29, 1.82) is 0 Å². The maximum absolute atomic E-state index is 6.18. The third kappa shape index (κ3) is 3.84. The molecule has 0 saturated carbocycles. The maximum Gasteiger partial charge on any atom is 0.149 e. The van der Waals surface area contributed by atoms with Crippen molar-refractivity contribution in [3.05, 3.63) is 23.1 Å². The zero-order valence-electron chi connectivity index (χ0n) is 18.5. The van der Waals surface area contributed by atoms with Gasteiger partial charge >= 0.3 is 0 Å². The molecule has 0 atom stereocenters. The summed E-state index contributed by atoms with van der Waals surface area (Å²) in [5.74, 6) is 1.58. The van der Waals surface area contributed by atoms with E-state index in [1.165, 1.54) is 28.6 Å². The molecule has 0 unspecified atom stereocenters. The first-order valence-electron chi connectivity index (χ1n) is 10.7. The molecular formula is C23H32N4OS. The number of thiophene rings is 1. The Morgan fingerprint density at radius 2 is 2.03 bits per heavy atom. The van der Waals surface area contributed by atoms with Crippen molar-refractivity contribution < 1.29 is 4.74 Å². The van der Waals surface area contributed by atoms with Crippen LogP contribution in [-0.2, 0) is 24.2 Å². The predicted octanol–water partition coefficient (Wildman–Crippen LogP) is 5.53.